The van der Waals surface area contributed by atoms with Crippen LogP contribution in [0.1, 0.15) is 20.8 Å². The highest BCUT2D eigenvalue weighted by Crippen LogP contribution is 2.30. The van der Waals surface area contributed by atoms with Gasteiger partial charge in [-0.3, -0.25) is 14.2 Å². The van der Waals surface area contributed by atoms with Crippen LogP contribution in [0.4, 0.5) is 4.79 Å². The molecule has 0 N–H and O–H groups in total. The molecule has 0 atom stereocenters. The SMILES string of the molecule is CC(C)(C)OC(=O)N1CCN(C(=O)Cn2cnc3cc(-c4ccccc4)sc3c2=O)CC1. The summed E-state index contributed by atoms with van der Waals surface area (Å²) in [4.78, 5) is 46.6. The van der Waals surface area contributed by atoms with Crippen LogP contribution in [0, 0.1) is 0 Å². The number of benzene rings is 1. The van der Waals surface area contributed by atoms with Crippen LogP contribution in [-0.2, 0) is 16.1 Å². The number of carbonyl (C=O) groups is 2. The molecule has 2 amide bonds. The number of hydrogen-bond donors (Lipinski definition) is 0. The van der Waals surface area contributed by atoms with Gasteiger partial charge in [-0.2, -0.15) is 0 Å². The minimum Gasteiger partial charge on any atom is -0.444 e. The van der Waals surface area contributed by atoms with Crippen LogP contribution in [0.3, 0.4) is 0 Å². The van der Waals surface area contributed by atoms with E-state index in [1.54, 1.807) is 9.80 Å². The van der Waals surface area contributed by atoms with Crippen LogP contribution in [0.2, 0.25) is 0 Å². The predicted octanol–water partition coefficient (Wildman–Crippen LogP) is 3.20. The number of ether oxygens (including phenoxy) is 1. The number of amides is 2. The van der Waals surface area contributed by atoms with Gasteiger partial charge in [0.15, 0.2) is 0 Å². The third-order valence-electron chi connectivity index (χ3n) is 5.15. The lowest BCUT2D eigenvalue weighted by Crippen LogP contribution is -2.52. The molecule has 1 aliphatic rings. The number of hydrogen-bond acceptors (Lipinski definition) is 6. The first kappa shape index (κ1) is 22.0. The van der Waals surface area contributed by atoms with Gasteiger partial charge < -0.3 is 14.5 Å². The van der Waals surface area contributed by atoms with Crippen LogP contribution in [0.15, 0.2) is 47.5 Å². The highest BCUT2D eigenvalue weighted by atomic mass is 32.1. The molecule has 1 aromatic carbocycles. The van der Waals surface area contributed by atoms with Crippen molar-refractivity contribution in [2.75, 3.05) is 26.2 Å². The van der Waals surface area contributed by atoms with Crippen LogP contribution in [-0.4, -0.2) is 63.1 Å². The summed E-state index contributed by atoms with van der Waals surface area (Å²) in [7, 11) is 0. The van der Waals surface area contributed by atoms with Gasteiger partial charge in [0.25, 0.3) is 5.56 Å². The first-order valence-electron chi connectivity index (χ1n) is 10.5. The molecule has 0 bridgehead atoms. The van der Waals surface area contributed by atoms with E-state index in [1.165, 1.54) is 22.2 Å². The third kappa shape index (κ3) is 4.83. The second-order valence-corrected chi connectivity index (χ2v) is 9.77. The Morgan fingerprint density at radius 3 is 2.38 bits per heavy atom. The molecule has 0 spiro atoms. The number of fused-ring (bicyclic) bond motifs is 1. The molecule has 0 unspecified atom stereocenters. The van der Waals surface area contributed by atoms with Crippen LogP contribution in [0.5, 0.6) is 0 Å². The summed E-state index contributed by atoms with van der Waals surface area (Å²) in [6.45, 7) is 7.00. The van der Waals surface area contributed by atoms with Crippen molar-refractivity contribution in [1.29, 1.82) is 0 Å². The number of piperazine rings is 1. The van der Waals surface area contributed by atoms with Crippen molar-refractivity contribution >= 4 is 33.6 Å². The number of nitrogens with zero attached hydrogens (tertiary/aromatic N) is 4. The Bertz CT molecular complexity index is 1190. The summed E-state index contributed by atoms with van der Waals surface area (Å²) < 4.78 is 7.28. The lowest BCUT2D eigenvalue weighted by molar-refractivity contribution is -0.133. The Morgan fingerprint density at radius 1 is 1.06 bits per heavy atom. The molecule has 8 nitrogen and oxygen atoms in total. The fourth-order valence-corrected chi connectivity index (χ4v) is 4.58. The van der Waals surface area contributed by atoms with E-state index in [-0.39, 0.29) is 24.1 Å². The number of aromatic nitrogens is 2. The first-order chi connectivity index (χ1) is 15.2. The molecule has 1 aliphatic heterocycles. The zero-order valence-corrected chi connectivity index (χ0v) is 19.2. The van der Waals surface area contributed by atoms with Gasteiger partial charge in [-0.05, 0) is 32.4 Å². The molecule has 2 aromatic heterocycles. The third-order valence-corrected chi connectivity index (χ3v) is 6.31. The van der Waals surface area contributed by atoms with Crippen molar-refractivity contribution in [1.82, 2.24) is 19.4 Å². The van der Waals surface area contributed by atoms with Gasteiger partial charge in [-0.25, -0.2) is 9.78 Å². The summed E-state index contributed by atoms with van der Waals surface area (Å²) >= 11 is 1.38. The minimum absolute atomic E-state index is 0.0766. The number of thiophene rings is 1. The molecular weight excluding hydrogens is 428 g/mol. The molecule has 1 saturated heterocycles. The molecule has 3 aromatic rings. The molecule has 4 rings (SSSR count). The summed E-state index contributed by atoms with van der Waals surface area (Å²) in [5.74, 6) is -0.170. The van der Waals surface area contributed by atoms with Crippen molar-refractivity contribution in [3.05, 3.63) is 53.1 Å². The minimum atomic E-state index is -0.557. The first-order valence-corrected chi connectivity index (χ1v) is 11.3. The summed E-state index contributed by atoms with van der Waals surface area (Å²) in [6.07, 6.45) is 1.06. The van der Waals surface area contributed by atoms with Gasteiger partial charge in [0, 0.05) is 31.1 Å². The zero-order valence-electron chi connectivity index (χ0n) is 18.4. The van der Waals surface area contributed by atoms with E-state index in [0.29, 0.717) is 36.4 Å². The maximum atomic E-state index is 13.0. The lowest BCUT2D eigenvalue weighted by atomic mass is 10.2. The average molecular weight is 455 g/mol. The van der Waals surface area contributed by atoms with Gasteiger partial charge in [0.2, 0.25) is 5.91 Å². The Kier molecular flexibility index (Phi) is 6.01. The largest absolute Gasteiger partial charge is 0.444 e. The number of carbonyl (C=O) groups excluding carboxylic acids is 2. The molecule has 3 heterocycles. The van der Waals surface area contributed by atoms with E-state index >= 15 is 0 Å². The number of rotatable bonds is 3. The van der Waals surface area contributed by atoms with Crippen molar-refractivity contribution in [2.45, 2.75) is 32.9 Å². The zero-order chi connectivity index (χ0) is 22.9. The fourth-order valence-electron chi connectivity index (χ4n) is 3.51. The standard InChI is InChI=1S/C23H26N4O4S/c1-23(2,3)31-22(30)26-11-9-25(10-12-26)19(28)14-27-15-24-17-13-18(32-20(17)21(27)29)16-7-5-4-6-8-16/h4-8,13,15H,9-12,14H2,1-3H3. The summed E-state index contributed by atoms with van der Waals surface area (Å²) in [6, 6.07) is 11.7. The Labute approximate surface area is 190 Å². The van der Waals surface area contributed by atoms with E-state index in [2.05, 4.69) is 4.98 Å². The molecule has 0 radical (unpaired) electrons. The normalized spacial score (nSPS) is 14.6. The molecule has 0 aliphatic carbocycles. The topological polar surface area (TPSA) is 84.7 Å². The molecule has 0 saturated carbocycles. The highest BCUT2D eigenvalue weighted by molar-refractivity contribution is 7.22. The lowest BCUT2D eigenvalue weighted by Gasteiger charge is -2.35. The van der Waals surface area contributed by atoms with Crippen LogP contribution in [0.25, 0.3) is 20.7 Å². The summed E-state index contributed by atoms with van der Waals surface area (Å²) in [5, 5.41) is 0. The van der Waals surface area contributed by atoms with Crippen molar-refractivity contribution < 1.29 is 14.3 Å². The maximum Gasteiger partial charge on any atom is 0.410 e. The van der Waals surface area contributed by atoms with Gasteiger partial charge >= 0.3 is 6.09 Å². The highest BCUT2D eigenvalue weighted by Gasteiger charge is 2.28. The molecule has 9 heteroatoms. The molecule has 32 heavy (non-hydrogen) atoms. The fraction of sp³-hybridized carbons (Fsp3) is 0.391. The van der Waals surface area contributed by atoms with Crippen molar-refractivity contribution in [2.24, 2.45) is 0 Å². The summed E-state index contributed by atoms with van der Waals surface area (Å²) in [5.41, 5.74) is 0.885. The smallest absolute Gasteiger partial charge is 0.410 e. The Balaban J connectivity index is 1.43. The second kappa shape index (κ2) is 8.74. The van der Waals surface area contributed by atoms with E-state index in [0.717, 1.165) is 10.4 Å². The van der Waals surface area contributed by atoms with E-state index < -0.39 is 5.60 Å². The van der Waals surface area contributed by atoms with Crippen LogP contribution >= 0.6 is 11.3 Å². The molecular formula is C23H26N4O4S. The van der Waals surface area contributed by atoms with E-state index in [1.807, 2.05) is 57.2 Å². The molecule has 1 fully saturated rings. The van der Waals surface area contributed by atoms with Gasteiger partial charge in [0.05, 0.1) is 11.8 Å². The van der Waals surface area contributed by atoms with Crippen molar-refractivity contribution in [3.63, 3.8) is 0 Å². The van der Waals surface area contributed by atoms with Crippen molar-refractivity contribution in [3.8, 4) is 10.4 Å². The Hall–Kier alpha value is -3.20. The quantitative estimate of drug-likeness (QED) is 0.607. The monoisotopic (exact) mass is 454 g/mol. The molecule has 168 valence electrons. The van der Waals surface area contributed by atoms with Gasteiger partial charge in [-0.15, -0.1) is 11.3 Å². The van der Waals surface area contributed by atoms with E-state index in [4.69, 9.17) is 4.74 Å². The maximum absolute atomic E-state index is 13.0. The average Bonchev–Trinajstić information content (AvgIpc) is 3.20. The predicted molar refractivity (Wildman–Crippen MR) is 124 cm³/mol. The Morgan fingerprint density at radius 2 is 1.72 bits per heavy atom. The van der Waals surface area contributed by atoms with Gasteiger partial charge in [0.1, 0.15) is 16.8 Å². The second-order valence-electron chi connectivity index (χ2n) is 8.72. The van der Waals surface area contributed by atoms with E-state index in [9.17, 15) is 14.4 Å². The van der Waals surface area contributed by atoms with Gasteiger partial charge in [-0.1, -0.05) is 30.3 Å². The van der Waals surface area contributed by atoms with Crippen LogP contribution < -0.4 is 5.56 Å².